The molecule has 0 amide bonds. The first-order valence-corrected chi connectivity index (χ1v) is 6.12. The summed E-state index contributed by atoms with van der Waals surface area (Å²) in [5.41, 5.74) is 2.56. The molecular weight excluding hydrogens is 280 g/mol. The number of rotatable bonds is 0. The summed E-state index contributed by atoms with van der Waals surface area (Å²) in [5, 5.41) is 0. The van der Waals surface area contributed by atoms with Crippen molar-refractivity contribution >= 4 is 27.7 Å². The Morgan fingerprint density at radius 1 is 1.18 bits per heavy atom. The monoisotopic (exact) mass is 288 g/mol. The second-order valence-corrected chi connectivity index (χ2v) is 4.96. The molecule has 0 unspecified atom stereocenters. The summed E-state index contributed by atoms with van der Waals surface area (Å²) in [6.45, 7) is 0. The maximum Gasteiger partial charge on any atom is 0.344 e. The van der Waals surface area contributed by atoms with E-state index in [4.69, 9.17) is 4.74 Å². The maximum atomic E-state index is 11.7. The van der Waals surface area contributed by atoms with Crippen molar-refractivity contribution in [2.45, 2.75) is 6.42 Å². The molecule has 1 heterocycles. The van der Waals surface area contributed by atoms with Gasteiger partial charge < -0.3 is 4.74 Å². The van der Waals surface area contributed by atoms with Gasteiger partial charge in [-0.15, -0.1) is 0 Å². The summed E-state index contributed by atoms with van der Waals surface area (Å²) in [6.07, 6.45) is 6.68. The summed E-state index contributed by atoms with van der Waals surface area (Å²) in [4.78, 5) is 11.7. The molecule has 1 aliphatic carbocycles. The van der Waals surface area contributed by atoms with Crippen molar-refractivity contribution < 1.29 is 9.53 Å². The van der Waals surface area contributed by atoms with Gasteiger partial charge in [-0.1, -0.05) is 52.4 Å². The average Bonchev–Trinajstić information content (AvgIpc) is 2.68. The van der Waals surface area contributed by atoms with Crippen molar-refractivity contribution in [3.8, 4) is 0 Å². The molecule has 0 atom stereocenters. The highest BCUT2D eigenvalue weighted by atomic mass is 79.9. The van der Waals surface area contributed by atoms with Gasteiger partial charge in [0.05, 0.1) is 5.56 Å². The molecule has 0 bridgehead atoms. The van der Waals surface area contributed by atoms with Crippen LogP contribution in [0.15, 0.2) is 52.5 Å². The standard InChI is InChI=1S/C14H9BrO2/c15-10-5-3-4-9(8-10)13-11-6-1-2-7-12(11)14(16)17-13/h1-7H,8H2. The van der Waals surface area contributed by atoms with E-state index in [1.807, 2.05) is 36.4 Å². The Morgan fingerprint density at radius 3 is 2.71 bits per heavy atom. The van der Waals surface area contributed by atoms with Gasteiger partial charge in [-0.3, -0.25) is 0 Å². The van der Waals surface area contributed by atoms with Crippen molar-refractivity contribution in [2.24, 2.45) is 0 Å². The van der Waals surface area contributed by atoms with Crippen LogP contribution in [0.1, 0.15) is 22.3 Å². The largest absolute Gasteiger partial charge is 0.422 e. The van der Waals surface area contributed by atoms with E-state index in [1.54, 1.807) is 6.07 Å². The summed E-state index contributed by atoms with van der Waals surface area (Å²) >= 11 is 3.47. The second-order valence-electron chi connectivity index (χ2n) is 3.94. The van der Waals surface area contributed by atoms with E-state index in [1.165, 1.54) is 0 Å². The molecule has 3 rings (SSSR count). The molecule has 1 aromatic carbocycles. The van der Waals surface area contributed by atoms with Crippen LogP contribution in [-0.4, -0.2) is 5.97 Å². The third-order valence-corrected chi connectivity index (χ3v) is 3.36. The topological polar surface area (TPSA) is 26.3 Å². The fourth-order valence-corrected chi connectivity index (χ4v) is 2.48. The Kier molecular flexibility index (Phi) is 2.48. The van der Waals surface area contributed by atoms with E-state index < -0.39 is 0 Å². The fourth-order valence-electron chi connectivity index (χ4n) is 2.02. The lowest BCUT2D eigenvalue weighted by atomic mass is 10.0. The lowest BCUT2D eigenvalue weighted by molar-refractivity contribution is 0.0714. The molecule has 84 valence electrons. The smallest absolute Gasteiger partial charge is 0.344 e. The number of benzene rings is 1. The van der Waals surface area contributed by atoms with Crippen LogP contribution < -0.4 is 0 Å². The van der Waals surface area contributed by atoms with Crippen LogP contribution in [0, 0.1) is 0 Å². The zero-order chi connectivity index (χ0) is 11.8. The molecule has 0 spiro atoms. The average molecular weight is 289 g/mol. The predicted octanol–water partition coefficient (Wildman–Crippen LogP) is 3.81. The van der Waals surface area contributed by atoms with Gasteiger partial charge in [0.25, 0.3) is 0 Å². The highest BCUT2D eigenvalue weighted by molar-refractivity contribution is 9.11. The molecule has 17 heavy (non-hydrogen) atoms. The van der Waals surface area contributed by atoms with E-state index in [2.05, 4.69) is 15.9 Å². The van der Waals surface area contributed by atoms with E-state index in [0.717, 1.165) is 22.0 Å². The Hall–Kier alpha value is -1.61. The Bertz CT molecular complexity index is 594. The van der Waals surface area contributed by atoms with Gasteiger partial charge in [0.2, 0.25) is 0 Å². The predicted molar refractivity (Wildman–Crippen MR) is 69.5 cm³/mol. The number of hydrogen-bond acceptors (Lipinski definition) is 2. The number of ether oxygens (including phenoxy) is 1. The minimum atomic E-state index is -0.262. The number of carbonyl (C=O) groups is 1. The first kappa shape index (κ1) is 10.5. The van der Waals surface area contributed by atoms with Crippen molar-refractivity contribution in [1.29, 1.82) is 0 Å². The van der Waals surface area contributed by atoms with Gasteiger partial charge in [-0.2, -0.15) is 0 Å². The molecule has 2 nitrogen and oxygen atoms in total. The van der Waals surface area contributed by atoms with Gasteiger partial charge in [0, 0.05) is 17.6 Å². The molecule has 2 aliphatic rings. The minimum absolute atomic E-state index is 0.262. The van der Waals surface area contributed by atoms with Crippen molar-refractivity contribution in [2.75, 3.05) is 0 Å². The number of cyclic esters (lactones) is 1. The minimum Gasteiger partial charge on any atom is -0.422 e. The first-order valence-electron chi connectivity index (χ1n) is 5.33. The van der Waals surface area contributed by atoms with Crippen molar-refractivity contribution in [1.82, 2.24) is 0 Å². The fraction of sp³-hybridized carbons (Fsp3) is 0.0714. The summed E-state index contributed by atoms with van der Waals surface area (Å²) in [6, 6.07) is 7.48. The molecule has 1 aromatic rings. The van der Waals surface area contributed by atoms with Crippen LogP contribution in [-0.2, 0) is 4.74 Å². The quantitative estimate of drug-likeness (QED) is 0.679. The SMILES string of the molecule is O=C1OC(=C2C=CC=C(Br)C2)c2ccccc21. The molecule has 1 aliphatic heterocycles. The lowest BCUT2D eigenvalue weighted by Crippen LogP contribution is -1.94. The van der Waals surface area contributed by atoms with Gasteiger partial charge in [-0.05, 0) is 10.5 Å². The molecule has 0 aromatic heterocycles. The van der Waals surface area contributed by atoms with Gasteiger partial charge in [0.15, 0.2) is 0 Å². The molecule has 0 radical (unpaired) electrons. The Balaban J connectivity index is 2.14. The van der Waals surface area contributed by atoms with Crippen LogP contribution in [0.25, 0.3) is 5.76 Å². The summed E-state index contributed by atoms with van der Waals surface area (Å²) in [5.74, 6) is 0.425. The summed E-state index contributed by atoms with van der Waals surface area (Å²) < 4.78 is 6.45. The van der Waals surface area contributed by atoms with Crippen LogP contribution in [0.5, 0.6) is 0 Å². The number of carbonyl (C=O) groups excluding carboxylic acids is 1. The maximum absolute atomic E-state index is 11.7. The Labute approximate surface area is 107 Å². The van der Waals surface area contributed by atoms with E-state index in [-0.39, 0.29) is 5.97 Å². The van der Waals surface area contributed by atoms with Crippen LogP contribution in [0.2, 0.25) is 0 Å². The molecule has 0 saturated carbocycles. The van der Waals surface area contributed by atoms with Gasteiger partial charge in [0.1, 0.15) is 5.76 Å². The molecule has 0 saturated heterocycles. The number of hydrogen-bond donors (Lipinski definition) is 0. The van der Waals surface area contributed by atoms with Gasteiger partial charge in [-0.25, -0.2) is 4.79 Å². The molecule has 0 N–H and O–H groups in total. The zero-order valence-corrected chi connectivity index (χ0v) is 10.5. The lowest BCUT2D eigenvalue weighted by Gasteiger charge is -2.09. The highest BCUT2D eigenvalue weighted by Gasteiger charge is 2.28. The molecular formula is C14H9BrO2. The van der Waals surface area contributed by atoms with E-state index in [9.17, 15) is 4.79 Å². The highest BCUT2D eigenvalue weighted by Crippen LogP contribution is 2.36. The number of halogens is 1. The van der Waals surface area contributed by atoms with Crippen molar-refractivity contribution in [3.63, 3.8) is 0 Å². The van der Waals surface area contributed by atoms with Gasteiger partial charge >= 0.3 is 5.97 Å². The second kappa shape index (κ2) is 4.00. The normalized spacial score (nSPS) is 22.2. The van der Waals surface area contributed by atoms with Crippen LogP contribution in [0.4, 0.5) is 0 Å². The van der Waals surface area contributed by atoms with Crippen LogP contribution in [0.3, 0.4) is 0 Å². The molecule has 3 heteroatoms. The van der Waals surface area contributed by atoms with Crippen LogP contribution >= 0.6 is 15.9 Å². The summed E-state index contributed by atoms with van der Waals surface area (Å²) in [7, 11) is 0. The number of fused-ring (bicyclic) bond motifs is 1. The first-order chi connectivity index (χ1) is 8.25. The third kappa shape index (κ3) is 1.76. The zero-order valence-electron chi connectivity index (χ0n) is 8.94. The third-order valence-electron chi connectivity index (χ3n) is 2.81. The van der Waals surface area contributed by atoms with E-state index in [0.29, 0.717) is 11.3 Å². The van der Waals surface area contributed by atoms with E-state index >= 15 is 0 Å². The Morgan fingerprint density at radius 2 is 1.94 bits per heavy atom. The molecule has 0 fully saturated rings. The number of esters is 1. The van der Waals surface area contributed by atoms with Crippen molar-refractivity contribution in [3.05, 3.63) is 63.7 Å². The number of allylic oxidation sites excluding steroid dienone is 5.